The summed E-state index contributed by atoms with van der Waals surface area (Å²) < 4.78 is 0. The van der Waals surface area contributed by atoms with Crippen molar-refractivity contribution >= 4 is 23.4 Å². The summed E-state index contributed by atoms with van der Waals surface area (Å²) in [5, 5.41) is 13.1. The van der Waals surface area contributed by atoms with Crippen LogP contribution in [0.1, 0.15) is 33.1 Å². The summed E-state index contributed by atoms with van der Waals surface area (Å²) in [5.41, 5.74) is 2.76. The first-order chi connectivity index (χ1) is 16.2. The van der Waals surface area contributed by atoms with Crippen molar-refractivity contribution in [2.24, 2.45) is 11.8 Å². The van der Waals surface area contributed by atoms with Crippen molar-refractivity contribution in [3.63, 3.8) is 0 Å². The van der Waals surface area contributed by atoms with E-state index in [1.807, 2.05) is 68.4 Å². The van der Waals surface area contributed by atoms with Crippen molar-refractivity contribution in [2.45, 2.75) is 33.1 Å². The van der Waals surface area contributed by atoms with E-state index in [1.54, 1.807) is 11.9 Å². The van der Waals surface area contributed by atoms with Crippen LogP contribution >= 0.6 is 0 Å². The Morgan fingerprint density at radius 1 is 1.03 bits per heavy atom. The summed E-state index contributed by atoms with van der Waals surface area (Å²) in [7, 11) is 1.72. The van der Waals surface area contributed by atoms with Gasteiger partial charge in [0.05, 0.1) is 12.2 Å². The Kier molecular flexibility index (Phi) is 10.5. The lowest BCUT2D eigenvalue weighted by Crippen LogP contribution is -2.38. The molecule has 2 rings (SSSR count). The molecule has 34 heavy (non-hydrogen) atoms. The average molecular weight is 466 g/mol. The predicted molar refractivity (Wildman–Crippen MR) is 134 cm³/mol. The van der Waals surface area contributed by atoms with E-state index in [0.717, 1.165) is 16.8 Å². The molecular weight excluding hydrogens is 430 g/mol. The minimum Gasteiger partial charge on any atom is -0.355 e. The van der Waals surface area contributed by atoms with E-state index in [9.17, 15) is 19.6 Å². The second kappa shape index (κ2) is 13.3. The Hall–Kier alpha value is -3.45. The number of nitrogens with zero attached hydrogens (tertiary/aromatic N) is 2. The summed E-state index contributed by atoms with van der Waals surface area (Å²) in [6.07, 6.45) is 1.92. The average Bonchev–Trinajstić information content (AvgIpc) is 2.83. The van der Waals surface area contributed by atoms with Gasteiger partial charge in [-0.2, -0.15) is 0 Å². The Labute approximate surface area is 202 Å². The van der Waals surface area contributed by atoms with E-state index >= 15 is 0 Å². The number of carbonyl (C=O) groups excluding carboxylic acids is 3. The number of para-hydroxylation sites is 1. The molecule has 7 heteroatoms. The van der Waals surface area contributed by atoms with Gasteiger partial charge in [0, 0.05) is 37.9 Å². The van der Waals surface area contributed by atoms with Crippen molar-refractivity contribution in [3.05, 3.63) is 67.3 Å². The normalized spacial score (nSPS) is 11.6. The van der Waals surface area contributed by atoms with Crippen molar-refractivity contribution in [2.75, 3.05) is 25.0 Å². The highest BCUT2D eigenvalue weighted by Crippen LogP contribution is 2.30. The zero-order valence-electron chi connectivity index (χ0n) is 20.2. The third-order valence-corrected chi connectivity index (χ3v) is 5.50. The topological polar surface area (TPSA) is 90.0 Å². The van der Waals surface area contributed by atoms with Crippen LogP contribution in [-0.2, 0) is 14.4 Å². The maximum atomic E-state index is 12.9. The molecule has 0 heterocycles. The molecule has 0 aliphatic carbocycles. The summed E-state index contributed by atoms with van der Waals surface area (Å²) in [5.74, 6) is -1.35. The SMILES string of the molecule is C=CCN(O)C(=O)C[C@@H](CC(C)C)C(=O)NCCC(=O)N(C)c1ccccc1-c1ccccc1. The zero-order valence-corrected chi connectivity index (χ0v) is 20.2. The van der Waals surface area contributed by atoms with Crippen LogP contribution in [0.3, 0.4) is 0 Å². The maximum absolute atomic E-state index is 12.9. The molecule has 0 radical (unpaired) electrons. The van der Waals surface area contributed by atoms with Gasteiger partial charge in [-0.05, 0) is 24.0 Å². The molecule has 0 spiro atoms. The second-order valence-electron chi connectivity index (χ2n) is 8.67. The Bertz CT molecular complexity index is 975. The van der Waals surface area contributed by atoms with Gasteiger partial charge in [-0.15, -0.1) is 6.58 Å². The van der Waals surface area contributed by atoms with Crippen LogP contribution in [0.4, 0.5) is 5.69 Å². The molecule has 1 atom stereocenters. The van der Waals surface area contributed by atoms with Crippen molar-refractivity contribution in [1.29, 1.82) is 0 Å². The number of nitrogens with one attached hydrogen (secondary N) is 1. The molecule has 2 aromatic rings. The molecule has 0 bridgehead atoms. The third-order valence-electron chi connectivity index (χ3n) is 5.50. The summed E-state index contributed by atoms with van der Waals surface area (Å²) in [4.78, 5) is 39.4. The fourth-order valence-electron chi connectivity index (χ4n) is 3.76. The molecule has 0 aliphatic heterocycles. The highest BCUT2D eigenvalue weighted by molar-refractivity contribution is 5.97. The number of carbonyl (C=O) groups is 3. The van der Waals surface area contributed by atoms with E-state index in [2.05, 4.69) is 11.9 Å². The van der Waals surface area contributed by atoms with Crippen LogP contribution in [0.15, 0.2) is 67.3 Å². The molecule has 0 aromatic heterocycles. The first kappa shape index (κ1) is 26.8. The number of hydrogen-bond acceptors (Lipinski definition) is 4. The molecule has 2 N–H and O–H groups in total. The van der Waals surface area contributed by atoms with Crippen molar-refractivity contribution < 1.29 is 19.6 Å². The third kappa shape index (κ3) is 7.85. The van der Waals surface area contributed by atoms with Crippen LogP contribution in [0.2, 0.25) is 0 Å². The Morgan fingerprint density at radius 3 is 2.32 bits per heavy atom. The molecule has 182 valence electrons. The van der Waals surface area contributed by atoms with Crippen molar-refractivity contribution in [1.82, 2.24) is 10.4 Å². The zero-order chi connectivity index (χ0) is 25.1. The second-order valence-corrected chi connectivity index (χ2v) is 8.67. The lowest BCUT2D eigenvalue weighted by molar-refractivity contribution is -0.165. The first-order valence-electron chi connectivity index (χ1n) is 11.5. The molecule has 0 aliphatic rings. The van der Waals surface area contributed by atoms with Crippen molar-refractivity contribution in [3.8, 4) is 11.1 Å². The molecular formula is C27H35N3O4. The number of amides is 3. The summed E-state index contributed by atoms with van der Waals surface area (Å²) >= 11 is 0. The van der Waals surface area contributed by atoms with E-state index in [-0.39, 0.29) is 43.7 Å². The van der Waals surface area contributed by atoms with Crippen LogP contribution in [0, 0.1) is 11.8 Å². The molecule has 0 saturated heterocycles. The molecule has 3 amide bonds. The Balaban J connectivity index is 1.98. The number of hydroxylamine groups is 2. The van der Waals surface area contributed by atoms with Crippen LogP contribution in [-0.4, -0.2) is 48.1 Å². The van der Waals surface area contributed by atoms with Gasteiger partial charge in [0.2, 0.25) is 17.7 Å². The number of anilines is 1. The smallest absolute Gasteiger partial charge is 0.247 e. The summed E-state index contributed by atoms with van der Waals surface area (Å²) in [6, 6.07) is 17.5. The van der Waals surface area contributed by atoms with Crippen LogP contribution in [0.25, 0.3) is 11.1 Å². The highest BCUT2D eigenvalue weighted by Gasteiger charge is 2.25. The standard InChI is InChI=1S/C27H35N3O4/c1-5-17-30(34)26(32)19-22(18-20(2)3)27(33)28-16-15-25(31)29(4)24-14-10-9-13-23(24)21-11-7-6-8-12-21/h5-14,20,22,34H,1,15-19H2,2-4H3,(H,28,33)/t22-/m1/s1. The minimum absolute atomic E-state index is 0.000142. The molecule has 2 aromatic carbocycles. The number of rotatable bonds is 12. The van der Waals surface area contributed by atoms with Gasteiger partial charge < -0.3 is 10.2 Å². The van der Waals surface area contributed by atoms with Gasteiger partial charge in [0.15, 0.2) is 0 Å². The lowest BCUT2D eigenvalue weighted by atomic mass is 9.93. The Morgan fingerprint density at radius 2 is 1.68 bits per heavy atom. The fourth-order valence-corrected chi connectivity index (χ4v) is 3.76. The monoisotopic (exact) mass is 465 g/mol. The fraction of sp³-hybridized carbons (Fsp3) is 0.370. The molecule has 0 unspecified atom stereocenters. The van der Waals surface area contributed by atoms with Gasteiger partial charge >= 0.3 is 0 Å². The van der Waals surface area contributed by atoms with Crippen LogP contribution < -0.4 is 10.2 Å². The van der Waals surface area contributed by atoms with Gasteiger partial charge in [0.1, 0.15) is 0 Å². The number of hydrogen-bond donors (Lipinski definition) is 2. The van der Waals surface area contributed by atoms with E-state index in [1.165, 1.54) is 6.08 Å². The van der Waals surface area contributed by atoms with E-state index in [0.29, 0.717) is 11.5 Å². The quantitative estimate of drug-likeness (QED) is 0.278. The van der Waals surface area contributed by atoms with Gasteiger partial charge in [-0.1, -0.05) is 68.5 Å². The molecule has 0 fully saturated rings. The predicted octanol–water partition coefficient (Wildman–Crippen LogP) is 4.28. The largest absolute Gasteiger partial charge is 0.355 e. The van der Waals surface area contributed by atoms with E-state index in [4.69, 9.17) is 0 Å². The molecule has 0 saturated carbocycles. The van der Waals surface area contributed by atoms with Gasteiger partial charge in [-0.3, -0.25) is 19.6 Å². The van der Waals surface area contributed by atoms with Gasteiger partial charge in [0.25, 0.3) is 0 Å². The first-order valence-corrected chi connectivity index (χ1v) is 11.5. The maximum Gasteiger partial charge on any atom is 0.247 e. The summed E-state index contributed by atoms with van der Waals surface area (Å²) in [6.45, 7) is 7.59. The molecule has 7 nitrogen and oxygen atoms in total. The minimum atomic E-state index is -0.585. The highest BCUT2D eigenvalue weighted by atomic mass is 16.5. The van der Waals surface area contributed by atoms with Crippen LogP contribution in [0.5, 0.6) is 0 Å². The van der Waals surface area contributed by atoms with E-state index < -0.39 is 11.8 Å². The lowest BCUT2D eigenvalue weighted by Gasteiger charge is -2.22. The number of benzene rings is 2. The van der Waals surface area contributed by atoms with Gasteiger partial charge in [-0.25, -0.2) is 5.06 Å².